The van der Waals surface area contributed by atoms with Crippen LogP contribution in [-0.4, -0.2) is 51.8 Å². The zero-order valence-electron chi connectivity index (χ0n) is 13.3. The van der Waals surface area contributed by atoms with Crippen molar-refractivity contribution in [2.24, 2.45) is 0 Å². The highest BCUT2D eigenvalue weighted by Gasteiger charge is 2.55. The number of carbonyl (C=O) groups is 3. The second-order valence-electron chi connectivity index (χ2n) is 6.17. The molecule has 2 heterocycles. The average molecular weight is 336 g/mol. The van der Waals surface area contributed by atoms with Crippen LogP contribution in [0.2, 0.25) is 0 Å². The minimum absolute atomic E-state index is 0.241. The van der Waals surface area contributed by atoms with Gasteiger partial charge in [0.1, 0.15) is 12.1 Å². The monoisotopic (exact) mass is 336 g/mol. The number of amides is 4. The maximum atomic E-state index is 12.8. The Bertz CT molecular complexity index is 651. The van der Waals surface area contributed by atoms with Gasteiger partial charge in [-0.1, -0.05) is 19.3 Å². The average Bonchev–Trinajstić information content (AvgIpc) is 3.01. The molecule has 23 heavy (non-hydrogen) atoms. The molecule has 1 aliphatic heterocycles. The van der Waals surface area contributed by atoms with Crippen LogP contribution in [0.25, 0.3) is 0 Å². The minimum atomic E-state index is -0.743. The van der Waals surface area contributed by atoms with Crippen molar-refractivity contribution in [3.8, 4) is 0 Å². The number of thiazole rings is 1. The molecule has 2 aliphatic rings. The van der Waals surface area contributed by atoms with Crippen molar-refractivity contribution in [1.29, 1.82) is 0 Å². The first-order valence-corrected chi connectivity index (χ1v) is 8.64. The van der Waals surface area contributed by atoms with E-state index in [0.717, 1.165) is 29.9 Å². The predicted molar refractivity (Wildman–Crippen MR) is 86.2 cm³/mol. The van der Waals surface area contributed by atoms with Crippen LogP contribution in [0.1, 0.15) is 37.8 Å². The lowest BCUT2D eigenvalue weighted by Crippen LogP contribution is -2.49. The van der Waals surface area contributed by atoms with Crippen molar-refractivity contribution in [1.82, 2.24) is 14.8 Å². The number of imide groups is 1. The fourth-order valence-electron chi connectivity index (χ4n) is 3.38. The van der Waals surface area contributed by atoms with Gasteiger partial charge >= 0.3 is 6.03 Å². The molecule has 1 saturated carbocycles. The van der Waals surface area contributed by atoms with Crippen molar-refractivity contribution in [2.45, 2.75) is 44.6 Å². The third kappa shape index (κ3) is 2.71. The van der Waals surface area contributed by atoms with Gasteiger partial charge in [0, 0.05) is 12.4 Å². The van der Waals surface area contributed by atoms with E-state index in [0.29, 0.717) is 18.0 Å². The minimum Gasteiger partial charge on any atom is -0.313 e. The van der Waals surface area contributed by atoms with Crippen LogP contribution in [0, 0.1) is 6.92 Å². The van der Waals surface area contributed by atoms with Crippen LogP contribution in [0.5, 0.6) is 0 Å². The van der Waals surface area contributed by atoms with E-state index in [9.17, 15) is 14.4 Å². The van der Waals surface area contributed by atoms with E-state index in [2.05, 4.69) is 10.3 Å². The highest BCUT2D eigenvalue weighted by Crippen LogP contribution is 2.39. The van der Waals surface area contributed by atoms with Crippen molar-refractivity contribution in [3.05, 3.63) is 11.1 Å². The van der Waals surface area contributed by atoms with Crippen LogP contribution in [-0.2, 0) is 9.59 Å². The molecule has 1 spiro atoms. The van der Waals surface area contributed by atoms with E-state index < -0.39 is 11.4 Å². The molecule has 1 aromatic rings. The maximum absolute atomic E-state index is 12.8. The number of hydrogen-bond acceptors (Lipinski definition) is 5. The third-order valence-corrected chi connectivity index (χ3v) is 5.53. The van der Waals surface area contributed by atoms with Crippen LogP contribution in [0.4, 0.5) is 9.93 Å². The van der Waals surface area contributed by atoms with Gasteiger partial charge < -0.3 is 10.2 Å². The van der Waals surface area contributed by atoms with Gasteiger partial charge in [0.15, 0.2) is 5.13 Å². The number of aromatic nitrogens is 1. The number of carbonyl (C=O) groups excluding carboxylic acids is 3. The van der Waals surface area contributed by atoms with E-state index in [1.54, 1.807) is 7.05 Å². The van der Waals surface area contributed by atoms with Gasteiger partial charge in [-0.2, -0.15) is 0 Å². The first kappa shape index (κ1) is 15.9. The number of likely N-dealkylation sites (N-methyl/N-ethyl adjacent to an activating group) is 1. The number of nitrogens with zero attached hydrogens (tertiary/aromatic N) is 3. The largest absolute Gasteiger partial charge is 0.327 e. The molecule has 4 amide bonds. The summed E-state index contributed by atoms with van der Waals surface area (Å²) < 4.78 is 0. The van der Waals surface area contributed by atoms with Gasteiger partial charge in [-0.15, -0.1) is 11.3 Å². The third-order valence-electron chi connectivity index (χ3n) is 4.65. The van der Waals surface area contributed by atoms with E-state index in [4.69, 9.17) is 0 Å². The number of hydrogen-bond donors (Lipinski definition) is 1. The molecule has 0 bridgehead atoms. The molecule has 0 aromatic carbocycles. The molecular formula is C15H20N4O3S. The Morgan fingerprint density at radius 2 is 2.04 bits per heavy atom. The predicted octanol–water partition coefficient (Wildman–Crippen LogP) is 1.99. The Kier molecular flexibility index (Phi) is 4.09. The molecule has 7 nitrogen and oxygen atoms in total. The van der Waals surface area contributed by atoms with Gasteiger partial charge in [0.2, 0.25) is 5.91 Å². The maximum Gasteiger partial charge on any atom is 0.327 e. The van der Waals surface area contributed by atoms with Crippen LogP contribution >= 0.6 is 11.3 Å². The molecule has 1 saturated heterocycles. The molecule has 0 atom stereocenters. The van der Waals surface area contributed by atoms with E-state index in [-0.39, 0.29) is 18.5 Å². The van der Waals surface area contributed by atoms with Crippen LogP contribution in [0.3, 0.4) is 0 Å². The molecule has 3 rings (SSSR count). The number of aryl methyl sites for hydroxylation is 1. The van der Waals surface area contributed by atoms with Gasteiger partial charge in [-0.3, -0.25) is 14.5 Å². The topological polar surface area (TPSA) is 82.6 Å². The van der Waals surface area contributed by atoms with Gasteiger partial charge in [-0.05, 0) is 19.8 Å². The molecule has 1 aromatic heterocycles. The van der Waals surface area contributed by atoms with Gasteiger partial charge in [0.25, 0.3) is 5.91 Å². The highest BCUT2D eigenvalue weighted by atomic mass is 32.1. The summed E-state index contributed by atoms with van der Waals surface area (Å²) in [5.74, 6) is -0.641. The molecule has 0 unspecified atom stereocenters. The Hall–Kier alpha value is -1.96. The van der Waals surface area contributed by atoms with Gasteiger partial charge in [-0.25, -0.2) is 9.78 Å². The highest BCUT2D eigenvalue weighted by molar-refractivity contribution is 7.13. The normalized spacial score (nSPS) is 20.4. The van der Waals surface area contributed by atoms with Crippen molar-refractivity contribution in [3.63, 3.8) is 0 Å². The molecule has 8 heteroatoms. The fraction of sp³-hybridized carbons (Fsp3) is 0.600. The Balaban J connectivity index is 1.71. The van der Waals surface area contributed by atoms with E-state index in [1.807, 2.05) is 12.3 Å². The van der Waals surface area contributed by atoms with Crippen molar-refractivity contribution >= 4 is 34.3 Å². The lowest BCUT2D eigenvalue weighted by atomic mass is 9.81. The van der Waals surface area contributed by atoms with Crippen LogP contribution in [0.15, 0.2) is 5.38 Å². The summed E-state index contributed by atoms with van der Waals surface area (Å²) >= 11 is 1.32. The van der Waals surface area contributed by atoms with E-state index in [1.165, 1.54) is 16.2 Å². The summed E-state index contributed by atoms with van der Waals surface area (Å²) in [4.78, 5) is 44.1. The smallest absolute Gasteiger partial charge is 0.313 e. The van der Waals surface area contributed by atoms with Gasteiger partial charge in [0.05, 0.1) is 5.69 Å². The lowest BCUT2D eigenvalue weighted by Gasteiger charge is -2.35. The van der Waals surface area contributed by atoms with E-state index >= 15 is 0 Å². The number of rotatable bonds is 3. The van der Waals surface area contributed by atoms with Crippen molar-refractivity contribution in [2.75, 3.05) is 18.9 Å². The summed E-state index contributed by atoms with van der Waals surface area (Å²) in [6, 6.07) is -0.387. The lowest BCUT2D eigenvalue weighted by molar-refractivity contribution is -0.136. The number of anilines is 1. The molecule has 1 N–H and O–H groups in total. The molecule has 0 radical (unpaired) electrons. The SMILES string of the molecule is Cc1csc(NC(=O)CN2C(=O)N(C)C3(CCCCC3)C2=O)n1. The number of nitrogens with one attached hydrogen (secondary N) is 1. The fourth-order valence-corrected chi connectivity index (χ4v) is 4.09. The zero-order chi connectivity index (χ0) is 16.6. The summed E-state index contributed by atoms with van der Waals surface area (Å²) in [6.07, 6.45) is 4.31. The zero-order valence-corrected chi connectivity index (χ0v) is 14.1. The second kappa shape index (κ2) is 5.92. The standard InChI is InChI=1S/C15H20N4O3S/c1-10-9-23-13(16-10)17-11(20)8-19-12(21)15(18(2)14(19)22)6-4-3-5-7-15/h9H,3-8H2,1-2H3,(H,16,17,20). The molecule has 1 aliphatic carbocycles. The quantitative estimate of drug-likeness (QED) is 0.856. The van der Waals surface area contributed by atoms with Crippen molar-refractivity contribution < 1.29 is 14.4 Å². The number of urea groups is 1. The summed E-state index contributed by atoms with van der Waals surface area (Å²) in [6.45, 7) is 1.57. The second-order valence-corrected chi connectivity index (χ2v) is 7.03. The van der Waals surface area contributed by atoms with Crippen LogP contribution < -0.4 is 5.32 Å². The first-order valence-electron chi connectivity index (χ1n) is 7.76. The summed E-state index contributed by atoms with van der Waals surface area (Å²) in [5, 5.41) is 4.95. The Morgan fingerprint density at radius 3 is 2.65 bits per heavy atom. The molecule has 2 fully saturated rings. The Labute approximate surface area is 138 Å². The Morgan fingerprint density at radius 1 is 1.35 bits per heavy atom. The molecular weight excluding hydrogens is 316 g/mol. The summed E-state index contributed by atoms with van der Waals surface area (Å²) in [5.41, 5.74) is 0.0763. The summed E-state index contributed by atoms with van der Waals surface area (Å²) in [7, 11) is 1.66. The molecule has 124 valence electrons. The first-order chi connectivity index (χ1) is 10.9.